The van der Waals surface area contributed by atoms with Crippen LogP contribution >= 0.6 is 0 Å². The fourth-order valence-electron chi connectivity index (χ4n) is 2.36. The van der Waals surface area contributed by atoms with Crippen molar-refractivity contribution >= 4 is 11.7 Å². The summed E-state index contributed by atoms with van der Waals surface area (Å²) >= 11 is 0. The van der Waals surface area contributed by atoms with E-state index in [9.17, 15) is 4.79 Å². The molecule has 0 amide bonds. The van der Waals surface area contributed by atoms with Gasteiger partial charge in [0.15, 0.2) is 0 Å². The molecule has 0 heterocycles. The van der Waals surface area contributed by atoms with Gasteiger partial charge in [0.1, 0.15) is 0 Å². The lowest BCUT2D eigenvalue weighted by Crippen LogP contribution is -2.29. The summed E-state index contributed by atoms with van der Waals surface area (Å²) in [7, 11) is 0. The first-order valence-electron chi connectivity index (χ1n) is 6.18. The molecule has 0 unspecified atom stereocenters. The maximum absolute atomic E-state index is 10.8. The zero-order valence-electron chi connectivity index (χ0n) is 10.1. The molecule has 0 radical (unpaired) electrons. The SMILES string of the molecule is N#Cc1ccc(NC2CCC(C(=O)O)CC2)cc1. The van der Waals surface area contributed by atoms with Gasteiger partial charge in [-0.25, -0.2) is 0 Å². The summed E-state index contributed by atoms with van der Waals surface area (Å²) in [6, 6.07) is 9.77. The monoisotopic (exact) mass is 244 g/mol. The largest absolute Gasteiger partial charge is 0.481 e. The smallest absolute Gasteiger partial charge is 0.306 e. The van der Waals surface area contributed by atoms with Crippen LogP contribution in [0.25, 0.3) is 0 Å². The molecule has 1 aromatic carbocycles. The molecule has 0 aliphatic heterocycles. The summed E-state index contributed by atoms with van der Waals surface area (Å²) in [6.07, 6.45) is 3.25. The fraction of sp³-hybridized carbons (Fsp3) is 0.429. The maximum atomic E-state index is 10.8. The second-order valence-electron chi connectivity index (χ2n) is 4.72. The lowest BCUT2D eigenvalue weighted by Gasteiger charge is -2.27. The average molecular weight is 244 g/mol. The molecular formula is C14H16N2O2. The summed E-state index contributed by atoms with van der Waals surface area (Å²) in [4.78, 5) is 10.8. The van der Waals surface area contributed by atoms with Gasteiger partial charge in [-0.1, -0.05) is 0 Å². The van der Waals surface area contributed by atoms with Gasteiger partial charge in [-0.05, 0) is 49.9 Å². The number of hydrogen-bond donors (Lipinski definition) is 2. The first-order chi connectivity index (χ1) is 8.69. The lowest BCUT2D eigenvalue weighted by molar-refractivity contribution is -0.142. The Hall–Kier alpha value is -2.02. The molecule has 2 N–H and O–H groups in total. The van der Waals surface area contributed by atoms with Gasteiger partial charge >= 0.3 is 5.97 Å². The molecule has 4 heteroatoms. The van der Waals surface area contributed by atoms with Crippen LogP contribution in [0, 0.1) is 17.2 Å². The molecule has 4 nitrogen and oxygen atoms in total. The van der Waals surface area contributed by atoms with Crippen LogP contribution in [0.1, 0.15) is 31.2 Å². The normalized spacial score (nSPS) is 23.1. The third kappa shape index (κ3) is 3.01. The van der Waals surface area contributed by atoms with Gasteiger partial charge in [-0.2, -0.15) is 5.26 Å². The van der Waals surface area contributed by atoms with Gasteiger partial charge in [-0.15, -0.1) is 0 Å². The molecule has 0 aromatic heterocycles. The van der Waals surface area contributed by atoms with E-state index in [4.69, 9.17) is 10.4 Å². The maximum Gasteiger partial charge on any atom is 0.306 e. The van der Waals surface area contributed by atoms with Crippen LogP contribution in [0.4, 0.5) is 5.69 Å². The molecule has 0 bridgehead atoms. The van der Waals surface area contributed by atoms with Crippen LogP contribution in [-0.4, -0.2) is 17.1 Å². The highest BCUT2D eigenvalue weighted by molar-refractivity contribution is 5.70. The van der Waals surface area contributed by atoms with E-state index < -0.39 is 5.97 Å². The minimum absolute atomic E-state index is 0.177. The topological polar surface area (TPSA) is 73.1 Å². The molecule has 1 aromatic rings. The summed E-state index contributed by atoms with van der Waals surface area (Å²) in [5.41, 5.74) is 1.64. The van der Waals surface area contributed by atoms with E-state index in [1.807, 2.05) is 12.1 Å². The Balaban J connectivity index is 1.87. The van der Waals surface area contributed by atoms with Crippen molar-refractivity contribution in [2.45, 2.75) is 31.7 Å². The lowest BCUT2D eigenvalue weighted by atomic mass is 9.86. The number of carboxylic acids is 1. The standard InChI is InChI=1S/C14H16N2O2/c15-9-10-1-5-12(6-2-10)16-13-7-3-11(4-8-13)14(17)18/h1-2,5-6,11,13,16H,3-4,7-8H2,(H,17,18). The van der Waals surface area contributed by atoms with Gasteiger partial charge < -0.3 is 10.4 Å². The molecule has 0 saturated heterocycles. The predicted molar refractivity (Wildman–Crippen MR) is 68.2 cm³/mol. The van der Waals surface area contributed by atoms with Gasteiger partial charge in [0.25, 0.3) is 0 Å². The molecule has 0 spiro atoms. The van der Waals surface area contributed by atoms with Gasteiger partial charge in [0.05, 0.1) is 17.6 Å². The Kier molecular flexibility index (Phi) is 3.83. The zero-order valence-corrected chi connectivity index (χ0v) is 10.1. The van der Waals surface area contributed by atoms with Crippen molar-refractivity contribution in [2.24, 2.45) is 5.92 Å². The van der Waals surface area contributed by atoms with Crippen molar-refractivity contribution < 1.29 is 9.90 Å². The number of carboxylic acid groups (broad SMARTS) is 1. The van der Waals surface area contributed by atoms with E-state index in [2.05, 4.69) is 11.4 Å². The highest BCUT2D eigenvalue weighted by Crippen LogP contribution is 2.26. The van der Waals surface area contributed by atoms with E-state index >= 15 is 0 Å². The van der Waals surface area contributed by atoms with Crippen LogP contribution in [0.15, 0.2) is 24.3 Å². The van der Waals surface area contributed by atoms with Gasteiger partial charge in [0, 0.05) is 11.7 Å². The van der Waals surface area contributed by atoms with Crippen molar-refractivity contribution in [3.05, 3.63) is 29.8 Å². The Bertz CT molecular complexity index is 454. The Morgan fingerprint density at radius 1 is 1.22 bits per heavy atom. The van der Waals surface area contributed by atoms with Crippen molar-refractivity contribution in [1.29, 1.82) is 5.26 Å². The summed E-state index contributed by atoms with van der Waals surface area (Å²) in [5.74, 6) is -0.851. The Morgan fingerprint density at radius 3 is 2.33 bits per heavy atom. The van der Waals surface area contributed by atoms with Crippen molar-refractivity contribution in [3.63, 3.8) is 0 Å². The molecule has 18 heavy (non-hydrogen) atoms. The van der Waals surface area contributed by atoms with Crippen LogP contribution < -0.4 is 5.32 Å². The van der Waals surface area contributed by atoms with E-state index in [1.165, 1.54) is 0 Å². The number of nitriles is 1. The quantitative estimate of drug-likeness (QED) is 0.857. The molecule has 0 atom stereocenters. The third-order valence-corrected chi connectivity index (χ3v) is 3.46. The van der Waals surface area contributed by atoms with E-state index in [0.29, 0.717) is 11.6 Å². The first kappa shape index (κ1) is 12.4. The molecule has 1 aliphatic carbocycles. The van der Waals surface area contributed by atoms with Crippen molar-refractivity contribution in [2.75, 3.05) is 5.32 Å². The minimum atomic E-state index is -0.674. The van der Waals surface area contributed by atoms with E-state index in [-0.39, 0.29) is 5.92 Å². The Morgan fingerprint density at radius 2 is 1.83 bits per heavy atom. The second kappa shape index (κ2) is 5.54. The summed E-state index contributed by atoms with van der Waals surface area (Å²) in [6.45, 7) is 0. The van der Waals surface area contributed by atoms with Gasteiger partial charge in [-0.3, -0.25) is 4.79 Å². The summed E-state index contributed by atoms with van der Waals surface area (Å²) in [5, 5.41) is 21.0. The van der Waals surface area contributed by atoms with Crippen LogP contribution in [0.3, 0.4) is 0 Å². The number of anilines is 1. The minimum Gasteiger partial charge on any atom is -0.481 e. The number of nitrogens with one attached hydrogen (secondary N) is 1. The number of aliphatic carboxylic acids is 1. The fourth-order valence-corrected chi connectivity index (χ4v) is 2.36. The highest BCUT2D eigenvalue weighted by atomic mass is 16.4. The van der Waals surface area contributed by atoms with Crippen LogP contribution in [0.2, 0.25) is 0 Å². The predicted octanol–water partition coefficient (Wildman–Crippen LogP) is 2.61. The molecule has 2 rings (SSSR count). The van der Waals surface area contributed by atoms with Crippen LogP contribution in [0.5, 0.6) is 0 Å². The zero-order chi connectivity index (χ0) is 13.0. The van der Waals surface area contributed by atoms with Crippen LogP contribution in [-0.2, 0) is 4.79 Å². The second-order valence-corrected chi connectivity index (χ2v) is 4.72. The van der Waals surface area contributed by atoms with Gasteiger partial charge in [0.2, 0.25) is 0 Å². The third-order valence-electron chi connectivity index (χ3n) is 3.46. The molecule has 1 fully saturated rings. The molecule has 1 aliphatic rings. The van der Waals surface area contributed by atoms with E-state index in [0.717, 1.165) is 31.4 Å². The van der Waals surface area contributed by atoms with Crippen molar-refractivity contribution in [3.8, 4) is 6.07 Å². The number of carbonyl (C=O) groups is 1. The molecular weight excluding hydrogens is 228 g/mol. The summed E-state index contributed by atoms with van der Waals surface area (Å²) < 4.78 is 0. The number of benzene rings is 1. The Labute approximate surface area is 106 Å². The number of rotatable bonds is 3. The highest BCUT2D eigenvalue weighted by Gasteiger charge is 2.25. The molecule has 1 saturated carbocycles. The molecule has 94 valence electrons. The first-order valence-corrected chi connectivity index (χ1v) is 6.18. The number of hydrogen-bond acceptors (Lipinski definition) is 3. The van der Waals surface area contributed by atoms with Crippen molar-refractivity contribution in [1.82, 2.24) is 0 Å². The average Bonchev–Trinajstić information content (AvgIpc) is 2.40. The van der Waals surface area contributed by atoms with E-state index in [1.54, 1.807) is 12.1 Å². The number of nitrogens with zero attached hydrogens (tertiary/aromatic N) is 1.